The van der Waals surface area contributed by atoms with E-state index >= 15 is 0 Å². The Labute approximate surface area is 67.4 Å². The lowest BCUT2D eigenvalue weighted by Gasteiger charge is -2.14. The van der Waals surface area contributed by atoms with Crippen LogP contribution in [0.5, 0.6) is 0 Å². The Kier molecular flexibility index (Phi) is 1.68. The average molecular weight is 150 g/mol. The number of rotatable bonds is 1. The molecular weight excluding hydrogens is 136 g/mol. The number of aliphatic imine (C=N–C) groups is 1. The van der Waals surface area contributed by atoms with Crippen molar-refractivity contribution in [1.82, 2.24) is 5.32 Å². The quantitative estimate of drug-likeness (QED) is 0.599. The van der Waals surface area contributed by atoms with Gasteiger partial charge in [-0.05, 0) is 24.3 Å². The largest absolute Gasteiger partial charge is 0.370 e. The second-order valence-corrected chi connectivity index (χ2v) is 3.23. The topological polar surface area (TPSA) is 24.4 Å². The first-order chi connectivity index (χ1) is 5.40. The lowest BCUT2D eigenvalue weighted by Crippen LogP contribution is -2.20. The van der Waals surface area contributed by atoms with E-state index in [1.54, 1.807) is 0 Å². The smallest absolute Gasteiger partial charge is 0.123 e. The second-order valence-electron chi connectivity index (χ2n) is 3.23. The van der Waals surface area contributed by atoms with E-state index in [2.05, 4.69) is 23.3 Å². The maximum atomic E-state index is 4.48. The summed E-state index contributed by atoms with van der Waals surface area (Å²) in [6.45, 7) is 4.30. The van der Waals surface area contributed by atoms with E-state index in [0.717, 1.165) is 18.9 Å². The summed E-state index contributed by atoms with van der Waals surface area (Å²) in [7, 11) is 0. The molecule has 0 aromatic rings. The number of hydrogen-bond donors (Lipinski definition) is 1. The zero-order valence-electron chi connectivity index (χ0n) is 6.93. The molecular formula is C9H14N2. The molecule has 2 aliphatic heterocycles. The summed E-state index contributed by atoms with van der Waals surface area (Å²) in [5, 5.41) is 3.28. The van der Waals surface area contributed by atoms with Gasteiger partial charge < -0.3 is 5.32 Å². The van der Waals surface area contributed by atoms with Crippen LogP contribution in [0.15, 0.2) is 16.6 Å². The number of fused-ring (bicyclic) bond motifs is 1. The number of nitrogens with one attached hydrogen (secondary N) is 1. The van der Waals surface area contributed by atoms with Crippen LogP contribution >= 0.6 is 0 Å². The summed E-state index contributed by atoms with van der Waals surface area (Å²) in [4.78, 5) is 4.48. The van der Waals surface area contributed by atoms with Gasteiger partial charge >= 0.3 is 0 Å². The van der Waals surface area contributed by atoms with Crippen LogP contribution in [0.2, 0.25) is 0 Å². The molecule has 1 fully saturated rings. The molecule has 11 heavy (non-hydrogen) atoms. The Hall–Kier alpha value is -0.790. The van der Waals surface area contributed by atoms with Crippen LogP contribution in [0.1, 0.15) is 19.8 Å². The minimum Gasteiger partial charge on any atom is -0.370 e. The van der Waals surface area contributed by atoms with Crippen molar-refractivity contribution in [1.29, 1.82) is 0 Å². The van der Waals surface area contributed by atoms with Gasteiger partial charge in [0.15, 0.2) is 0 Å². The molecule has 2 heteroatoms. The third-order valence-corrected chi connectivity index (χ3v) is 2.44. The fourth-order valence-electron chi connectivity index (χ4n) is 1.66. The molecule has 0 bridgehead atoms. The standard InChI is InChI=1S/C9H14N2/c1-2-7-5-8-3-4-10-9(8)11-6-7/h5,7H,2-4,6H2,1H3,(H,10,11). The maximum absolute atomic E-state index is 4.48. The Bertz CT molecular complexity index is 216. The van der Waals surface area contributed by atoms with Crippen LogP contribution in [0.4, 0.5) is 0 Å². The third-order valence-electron chi connectivity index (χ3n) is 2.44. The van der Waals surface area contributed by atoms with Crippen molar-refractivity contribution in [2.75, 3.05) is 13.1 Å². The number of nitrogens with zero attached hydrogens (tertiary/aromatic N) is 1. The van der Waals surface area contributed by atoms with Crippen LogP contribution < -0.4 is 5.32 Å². The van der Waals surface area contributed by atoms with E-state index in [1.807, 2.05) is 0 Å². The van der Waals surface area contributed by atoms with E-state index in [0.29, 0.717) is 5.92 Å². The van der Waals surface area contributed by atoms with Crippen molar-refractivity contribution < 1.29 is 0 Å². The van der Waals surface area contributed by atoms with Gasteiger partial charge in [-0.2, -0.15) is 0 Å². The highest BCUT2D eigenvalue weighted by Crippen LogP contribution is 2.19. The van der Waals surface area contributed by atoms with Gasteiger partial charge in [0, 0.05) is 13.1 Å². The predicted molar refractivity (Wildman–Crippen MR) is 46.8 cm³/mol. The first kappa shape index (κ1) is 6.89. The van der Waals surface area contributed by atoms with Gasteiger partial charge in [0.05, 0.1) is 0 Å². The zero-order valence-corrected chi connectivity index (χ0v) is 6.93. The molecule has 2 nitrogen and oxygen atoms in total. The van der Waals surface area contributed by atoms with E-state index in [-0.39, 0.29) is 0 Å². The Balaban J connectivity index is 2.17. The molecule has 2 rings (SSSR count). The van der Waals surface area contributed by atoms with Crippen LogP contribution in [-0.4, -0.2) is 18.9 Å². The molecule has 0 aromatic carbocycles. The van der Waals surface area contributed by atoms with Crippen molar-refractivity contribution in [3.05, 3.63) is 11.6 Å². The average Bonchev–Trinajstić information content (AvgIpc) is 2.50. The number of dihydropyridines is 1. The van der Waals surface area contributed by atoms with Crippen LogP contribution in [0.3, 0.4) is 0 Å². The summed E-state index contributed by atoms with van der Waals surface area (Å²) in [5.74, 6) is 1.86. The first-order valence-corrected chi connectivity index (χ1v) is 4.39. The summed E-state index contributed by atoms with van der Waals surface area (Å²) in [6.07, 6.45) is 4.79. The van der Waals surface area contributed by atoms with Crippen molar-refractivity contribution in [3.8, 4) is 0 Å². The molecule has 1 saturated heterocycles. The van der Waals surface area contributed by atoms with Gasteiger partial charge in [0.25, 0.3) is 0 Å². The summed E-state index contributed by atoms with van der Waals surface area (Å²) in [6, 6.07) is 0. The molecule has 2 heterocycles. The Morgan fingerprint density at radius 2 is 2.64 bits per heavy atom. The molecule has 1 N–H and O–H groups in total. The Morgan fingerprint density at radius 3 is 3.45 bits per heavy atom. The van der Waals surface area contributed by atoms with E-state index < -0.39 is 0 Å². The van der Waals surface area contributed by atoms with Gasteiger partial charge in [-0.3, -0.25) is 4.99 Å². The monoisotopic (exact) mass is 150 g/mol. The molecule has 0 spiro atoms. The van der Waals surface area contributed by atoms with Crippen LogP contribution in [0.25, 0.3) is 0 Å². The predicted octanol–water partition coefficient (Wildman–Crippen LogP) is 1.34. The van der Waals surface area contributed by atoms with Crippen LogP contribution in [-0.2, 0) is 0 Å². The fourth-order valence-corrected chi connectivity index (χ4v) is 1.66. The third kappa shape index (κ3) is 1.17. The lowest BCUT2D eigenvalue weighted by molar-refractivity contribution is 0.630. The highest BCUT2D eigenvalue weighted by Gasteiger charge is 2.19. The molecule has 1 unspecified atom stereocenters. The van der Waals surface area contributed by atoms with Gasteiger partial charge in [-0.1, -0.05) is 13.0 Å². The molecule has 0 aromatic heterocycles. The normalized spacial score (nSPS) is 28.6. The van der Waals surface area contributed by atoms with Crippen molar-refractivity contribution in [2.24, 2.45) is 10.9 Å². The zero-order chi connectivity index (χ0) is 7.68. The summed E-state index contributed by atoms with van der Waals surface area (Å²) < 4.78 is 0. The van der Waals surface area contributed by atoms with Crippen LogP contribution in [0, 0.1) is 5.92 Å². The maximum Gasteiger partial charge on any atom is 0.123 e. The highest BCUT2D eigenvalue weighted by atomic mass is 15.0. The number of hydrogen-bond acceptors (Lipinski definition) is 2. The highest BCUT2D eigenvalue weighted by molar-refractivity contribution is 6.00. The van der Waals surface area contributed by atoms with Gasteiger partial charge in [-0.25, -0.2) is 0 Å². The molecule has 60 valence electrons. The lowest BCUT2D eigenvalue weighted by atomic mass is 9.99. The number of amidine groups is 1. The van der Waals surface area contributed by atoms with Gasteiger partial charge in [0.2, 0.25) is 0 Å². The molecule has 0 saturated carbocycles. The Morgan fingerprint density at radius 1 is 1.73 bits per heavy atom. The molecule has 1 atom stereocenters. The van der Waals surface area contributed by atoms with Crippen molar-refractivity contribution in [3.63, 3.8) is 0 Å². The molecule has 0 amide bonds. The minimum absolute atomic E-state index is 0.702. The van der Waals surface area contributed by atoms with E-state index in [9.17, 15) is 0 Å². The fraction of sp³-hybridized carbons (Fsp3) is 0.667. The minimum atomic E-state index is 0.702. The summed E-state index contributed by atoms with van der Waals surface area (Å²) in [5.41, 5.74) is 1.45. The molecule has 0 radical (unpaired) electrons. The SMILES string of the molecule is CCC1C=C2CCNC2=NC1. The van der Waals surface area contributed by atoms with Gasteiger partial charge in [0.1, 0.15) is 5.84 Å². The van der Waals surface area contributed by atoms with Gasteiger partial charge in [-0.15, -0.1) is 0 Å². The second kappa shape index (κ2) is 2.68. The molecule has 2 aliphatic rings. The summed E-state index contributed by atoms with van der Waals surface area (Å²) >= 11 is 0. The van der Waals surface area contributed by atoms with E-state index in [4.69, 9.17) is 0 Å². The van der Waals surface area contributed by atoms with Crippen molar-refractivity contribution >= 4 is 5.84 Å². The first-order valence-electron chi connectivity index (χ1n) is 4.39. The van der Waals surface area contributed by atoms with E-state index in [1.165, 1.54) is 18.4 Å². The molecule has 0 aliphatic carbocycles. The van der Waals surface area contributed by atoms with Crippen molar-refractivity contribution in [2.45, 2.75) is 19.8 Å².